The van der Waals surface area contributed by atoms with Crippen LogP contribution in [0.5, 0.6) is 5.75 Å². The number of carbonyl (C=O) groups is 1. The number of benzene rings is 2. The fourth-order valence-electron chi connectivity index (χ4n) is 4.19. The number of hydrogen-bond acceptors (Lipinski definition) is 3. The van der Waals surface area contributed by atoms with Crippen molar-refractivity contribution >= 4 is 5.97 Å². The third-order valence-corrected chi connectivity index (χ3v) is 6.62. The topological polar surface area (TPSA) is 35.5 Å². The van der Waals surface area contributed by atoms with Gasteiger partial charge in [-0.2, -0.15) is 0 Å². The van der Waals surface area contributed by atoms with Crippen LogP contribution in [0.4, 0.5) is 0 Å². The highest BCUT2D eigenvalue weighted by Crippen LogP contribution is 2.20. The molecule has 2 aromatic carbocycles. The maximum absolute atomic E-state index is 12.8. The first kappa shape index (κ1) is 27.9. The third-order valence-electron chi connectivity index (χ3n) is 6.62. The predicted octanol–water partition coefficient (Wildman–Crippen LogP) is 7.30. The molecule has 0 aliphatic heterocycles. The lowest BCUT2D eigenvalue weighted by molar-refractivity contribution is -0.917. The van der Waals surface area contributed by atoms with Gasteiger partial charge in [0.25, 0.3) is 0 Å². The van der Waals surface area contributed by atoms with Gasteiger partial charge < -0.3 is 14.0 Å². The molecule has 0 saturated carbocycles. The van der Waals surface area contributed by atoms with Crippen LogP contribution in [0.1, 0.15) is 83.3 Å². The Hall–Kier alpha value is -2.33. The van der Waals surface area contributed by atoms with E-state index in [1.807, 2.05) is 37.3 Å². The highest BCUT2D eigenvalue weighted by atomic mass is 16.7. The number of quaternary nitrogens is 1. The van der Waals surface area contributed by atoms with Crippen molar-refractivity contribution in [3.8, 4) is 5.75 Å². The van der Waals surface area contributed by atoms with E-state index in [2.05, 4.69) is 45.3 Å². The van der Waals surface area contributed by atoms with Crippen LogP contribution in [0.2, 0.25) is 0 Å². The lowest BCUT2D eigenvalue weighted by atomic mass is 10.0. The molecule has 0 aromatic heterocycles. The van der Waals surface area contributed by atoms with Crippen molar-refractivity contribution in [3.63, 3.8) is 0 Å². The summed E-state index contributed by atoms with van der Waals surface area (Å²) in [5, 5.41) is 0. The fourth-order valence-corrected chi connectivity index (χ4v) is 4.19. The second-order valence-electron chi connectivity index (χ2n) is 10.1. The van der Waals surface area contributed by atoms with Crippen LogP contribution in [0.3, 0.4) is 0 Å². The number of carbonyl (C=O) groups excluding carboxylic acids is 1. The van der Waals surface area contributed by atoms with E-state index >= 15 is 0 Å². The Bertz CT molecular complexity index is 834. The van der Waals surface area contributed by atoms with Crippen molar-refractivity contribution in [2.75, 3.05) is 14.1 Å². The Morgan fingerprint density at radius 3 is 2.12 bits per heavy atom. The molecule has 0 aliphatic carbocycles. The summed E-state index contributed by atoms with van der Waals surface area (Å²) in [6, 6.07) is 18.1. The standard InChI is InChI=1S/C30H46NO3/c1-6-7-8-9-10-11-12-14-18-27-21-17-22-29(23-27)33-26(3)34-30(32)25(2)31(4,5)24-28-19-15-13-16-20-28/h13,15-17,19-23,25-26H,6-12,14,18,24H2,1-5H3/q+1. The van der Waals surface area contributed by atoms with Gasteiger partial charge >= 0.3 is 5.97 Å². The van der Waals surface area contributed by atoms with Crippen molar-refractivity contribution in [2.24, 2.45) is 0 Å². The zero-order valence-electron chi connectivity index (χ0n) is 22.1. The summed E-state index contributed by atoms with van der Waals surface area (Å²) in [6.07, 6.45) is 11.0. The van der Waals surface area contributed by atoms with E-state index in [1.54, 1.807) is 6.92 Å². The number of ether oxygens (including phenoxy) is 2. The summed E-state index contributed by atoms with van der Waals surface area (Å²) in [5.74, 6) is 0.506. The Morgan fingerprint density at radius 1 is 0.824 bits per heavy atom. The van der Waals surface area contributed by atoms with Crippen LogP contribution in [0, 0.1) is 0 Å². The van der Waals surface area contributed by atoms with Crippen molar-refractivity contribution in [1.82, 2.24) is 0 Å². The van der Waals surface area contributed by atoms with Crippen LogP contribution < -0.4 is 4.74 Å². The van der Waals surface area contributed by atoms with Crippen LogP contribution in [0.15, 0.2) is 54.6 Å². The summed E-state index contributed by atoms with van der Waals surface area (Å²) < 4.78 is 12.1. The van der Waals surface area contributed by atoms with E-state index in [0.29, 0.717) is 4.48 Å². The number of nitrogens with zero attached hydrogens (tertiary/aromatic N) is 1. The second-order valence-corrected chi connectivity index (χ2v) is 10.1. The van der Waals surface area contributed by atoms with Crippen molar-refractivity contribution in [1.29, 1.82) is 0 Å². The number of aryl methyl sites for hydroxylation is 1. The molecule has 4 heteroatoms. The molecule has 4 nitrogen and oxygen atoms in total. The molecule has 0 aliphatic rings. The van der Waals surface area contributed by atoms with Gasteiger partial charge in [-0.25, -0.2) is 4.79 Å². The molecule has 0 bridgehead atoms. The van der Waals surface area contributed by atoms with E-state index in [0.717, 1.165) is 18.7 Å². The van der Waals surface area contributed by atoms with Gasteiger partial charge in [-0.05, 0) is 37.5 Å². The summed E-state index contributed by atoms with van der Waals surface area (Å²) in [6.45, 7) is 6.72. The monoisotopic (exact) mass is 468 g/mol. The first-order chi connectivity index (χ1) is 16.3. The molecule has 0 N–H and O–H groups in total. The first-order valence-corrected chi connectivity index (χ1v) is 13.1. The molecule has 0 heterocycles. The summed E-state index contributed by atoms with van der Waals surface area (Å²) in [5.41, 5.74) is 2.47. The van der Waals surface area contributed by atoms with E-state index in [4.69, 9.17) is 9.47 Å². The van der Waals surface area contributed by atoms with Crippen LogP contribution >= 0.6 is 0 Å². The normalized spacial score (nSPS) is 13.3. The average molecular weight is 469 g/mol. The minimum absolute atomic E-state index is 0.247. The number of unbranched alkanes of at least 4 members (excludes halogenated alkanes) is 7. The largest absolute Gasteiger partial charge is 0.455 e. The number of likely N-dealkylation sites (N-methyl/N-ethyl adjacent to an activating group) is 1. The van der Waals surface area contributed by atoms with Gasteiger partial charge in [0.1, 0.15) is 12.3 Å². The number of rotatable bonds is 16. The maximum atomic E-state index is 12.8. The molecule has 2 rings (SSSR count). The van der Waals surface area contributed by atoms with E-state index in [1.165, 1.54) is 62.5 Å². The van der Waals surface area contributed by atoms with E-state index in [-0.39, 0.29) is 12.0 Å². The van der Waals surface area contributed by atoms with Gasteiger partial charge in [0.05, 0.1) is 14.1 Å². The molecule has 0 fully saturated rings. The van der Waals surface area contributed by atoms with E-state index in [9.17, 15) is 4.79 Å². The van der Waals surface area contributed by atoms with Gasteiger partial charge in [-0.15, -0.1) is 0 Å². The van der Waals surface area contributed by atoms with Gasteiger partial charge in [-0.1, -0.05) is 94.3 Å². The maximum Gasteiger partial charge on any atom is 0.367 e. The quantitative estimate of drug-likeness (QED) is 0.112. The Kier molecular flexibility index (Phi) is 12.2. The molecule has 0 radical (unpaired) electrons. The average Bonchev–Trinajstić information content (AvgIpc) is 2.80. The van der Waals surface area contributed by atoms with Gasteiger partial charge in [0.2, 0.25) is 6.29 Å². The molecule has 0 amide bonds. The van der Waals surface area contributed by atoms with E-state index < -0.39 is 6.29 Å². The number of esters is 1. The fraction of sp³-hybridized carbons (Fsp3) is 0.567. The minimum Gasteiger partial charge on any atom is -0.455 e. The first-order valence-electron chi connectivity index (χ1n) is 13.1. The highest BCUT2D eigenvalue weighted by molar-refractivity contribution is 5.74. The van der Waals surface area contributed by atoms with Crippen molar-refractivity contribution < 1.29 is 18.8 Å². The molecule has 0 saturated heterocycles. The third kappa shape index (κ3) is 10.3. The Labute approximate surface area is 207 Å². The number of hydrogen-bond donors (Lipinski definition) is 0. The summed E-state index contributed by atoms with van der Waals surface area (Å²) in [4.78, 5) is 12.8. The van der Waals surface area contributed by atoms with Crippen molar-refractivity contribution in [2.45, 2.75) is 97.4 Å². The molecular formula is C30H46NO3+. The SMILES string of the molecule is CCCCCCCCCCc1cccc(OC(C)OC(=O)C(C)[N+](C)(C)Cc2ccccc2)c1. The van der Waals surface area contributed by atoms with Crippen LogP contribution in [-0.2, 0) is 22.5 Å². The smallest absolute Gasteiger partial charge is 0.367 e. The molecule has 2 unspecified atom stereocenters. The van der Waals surface area contributed by atoms with Gasteiger partial charge in [-0.3, -0.25) is 0 Å². The zero-order valence-corrected chi connectivity index (χ0v) is 22.1. The Morgan fingerprint density at radius 2 is 1.44 bits per heavy atom. The molecule has 188 valence electrons. The predicted molar refractivity (Wildman–Crippen MR) is 141 cm³/mol. The molecular weight excluding hydrogens is 422 g/mol. The molecule has 2 aromatic rings. The Balaban J connectivity index is 1.76. The van der Waals surface area contributed by atoms with Crippen LogP contribution in [0.25, 0.3) is 0 Å². The lowest BCUT2D eigenvalue weighted by Gasteiger charge is -2.35. The molecule has 2 atom stereocenters. The van der Waals surface area contributed by atoms with Crippen LogP contribution in [-0.4, -0.2) is 36.9 Å². The molecule has 0 spiro atoms. The molecule has 34 heavy (non-hydrogen) atoms. The van der Waals surface area contributed by atoms with Gasteiger partial charge in [0.15, 0.2) is 6.04 Å². The zero-order chi connectivity index (χ0) is 24.8. The van der Waals surface area contributed by atoms with Gasteiger partial charge in [0, 0.05) is 12.5 Å². The second kappa shape index (κ2) is 14.8. The lowest BCUT2D eigenvalue weighted by Crippen LogP contribution is -2.51. The van der Waals surface area contributed by atoms with Crippen molar-refractivity contribution in [3.05, 3.63) is 65.7 Å². The minimum atomic E-state index is -0.634. The highest BCUT2D eigenvalue weighted by Gasteiger charge is 2.33. The summed E-state index contributed by atoms with van der Waals surface area (Å²) in [7, 11) is 4.11. The summed E-state index contributed by atoms with van der Waals surface area (Å²) >= 11 is 0.